The quantitative estimate of drug-likeness (QED) is 0.941. The van der Waals surface area contributed by atoms with Gasteiger partial charge in [-0.25, -0.2) is 15.0 Å². The lowest BCUT2D eigenvalue weighted by molar-refractivity contribution is 0.154. The smallest absolute Gasteiger partial charge is 0.225 e. The lowest BCUT2D eigenvalue weighted by Crippen LogP contribution is -2.52. The first kappa shape index (κ1) is 14.6. The molecule has 4 rings (SSSR count). The fourth-order valence-electron chi connectivity index (χ4n) is 4.09. The lowest BCUT2D eigenvalue weighted by atomic mass is 9.85. The van der Waals surface area contributed by atoms with Gasteiger partial charge in [-0.3, -0.25) is 4.90 Å². The van der Waals surface area contributed by atoms with E-state index in [0.717, 1.165) is 32.1 Å². The molecule has 4 heterocycles. The van der Waals surface area contributed by atoms with Gasteiger partial charge in [0.15, 0.2) is 0 Å². The van der Waals surface area contributed by atoms with Gasteiger partial charge in [0, 0.05) is 49.8 Å². The second kappa shape index (κ2) is 5.92. The molecule has 0 saturated carbocycles. The zero-order valence-electron chi connectivity index (χ0n) is 13.7. The summed E-state index contributed by atoms with van der Waals surface area (Å²) in [4.78, 5) is 21.6. The Bertz CT molecular complexity index is 644. The summed E-state index contributed by atoms with van der Waals surface area (Å²) in [6.07, 6.45) is 10.4. The average molecular weight is 312 g/mol. The highest BCUT2D eigenvalue weighted by molar-refractivity contribution is 5.37. The first-order valence-electron chi connectivity index (χ1n) is 8.53. The molecule has 0 unspecified atom stereocenters. The fourth-order valence-corrected chi connectivity index (χ4v) is 4.09. The third-order valence-corrected chi connectivity index (χ3v) is 5.48. The van der Waals surface area contributed by atoms with E-state index in [4.69, 9.17) is 0 Å². The molecule has 0 bridgehead atoms. The van der Waals surface area contributed by atoms with Crippen LogP contribution in [-0.4, -0.2) is 50.0 Å². The number of hydrogen-bond donors (Lipinski definition) is 1. The van der Waals surface area contributed by atoms with Gasteiger partial charge in [0.2, 0.25) is 5.95 Å². The monoisotopic (exact) mass is 312 g/mol. The van der Waals surface area contributed by atoms with Crippen LogP contribution in [0.25, 0.3) is 0 Å². The standard InChI is InChI=1S/C17H24N6/c1-14-15(21-13-20-14)12-22-10-5-17(6-11-22)4-2-9-23(17)16-18-7-3-8-19-16/h3,7-8,13H,2,4-6,9-12H2,1H3,(H,20,21). The number of aromatic amines is 1. The molecular formula is C17H24N6. The van der Waals surface area contributed by atoms with Crippen molar-refractivity contribution in [2.24, 2.45) is 0 Å². The van der Waals surface area contributed by atoms with Crippen LogP contribution in [0, 0.1) is 6.92 Å². The number of nitrogens with zero attached hydrogens (tertiary/aromatic N) is 5. The summed E-state index contributed by atoms with van der Waals surface area (Å²) in [7, 11) is 0. The molecule has 2 aliphatic rings. The van der Waals surface area contributed by atoms with Crippen molar-refractivity contribution in [2.75, 3.05) is 24.5 Å². The number of aryl methyl sites for hydroxylation is 1. The van der Waals surface area contributed by atoms with Crippen LogP contribution in [0.1, 0.15) is 37.1 Å². The van der Waals surface area contributed by atoms with Crippen molar-refractivity contribution < 1.29 is 0 Å². The number of likely N-dealkylation sites (tertiary alicyclic amines) is 1. The zero-order chi connectivity index (χ0) is 15.7. The Morgan fingerprint density at radius 3 is 2.57 bits per heavy atom. The van der Waals surface area contributed by atoms with E-state index in [0.29, 0.717) is 0 Å². The van der Waals surface area contributed by atoms with Crippen molar-refractivity contribution >= 4 is 5.95 Å². The maximum atomic E-state index is 4.49. The van der Waals surface area contributed by atoms with Crippen molar-refractivity contribution in [3.63, 3.8) is 0 Å². The van der Waals surface area contributed by atoms with E-state index in [2.05, 4.69) is 36.7 Å². The molecule has 0 aromatic carbocycles. The topological polar surface area (TPSA) is 60.9 Å². The van der Waals surface area contributed by atoms with Crippen molar-refractivity contribution in [2.45, 2.75) is 44.7 Å². The zero-order valence-corrected chi connectivity index (χ0v) is 13.7. The molecule has 6 nitrogen and oxygen atoms in total. The average Bonchev–Trinajstić information content (AvgIpc) is 3.18. The van der Waals surface area contributed by atoms with Crippen LogP contribution in [0.4, 0.5) is 5.95 Å². The van der Waals surface area contributed by atoms with Gasteiger partial charge >= 0.3 is 0 Å². The number of piperidine rings is 1. The van der Waals surface area contributed by atoms with Gasteiger partial charge in [-0.05, 0) is 38.7 Å². The van der Waals surface area contributed by atoms with Crippen molar-refractivity contribution in [1.82, 2.24) is 24.8 Å². The van der Waals surface area contributed by atoms with Crippen LogP contribution in [0.5, 0.6) is 0 Å². The third kappa shape index (κ3) is 2.72. The number of anilines is 1. The summed E-state index contributed by atoms with van der Waals surface area (Å²) in [6.45, 7) is 6.38. The molecule has 0 atom stereocenters. The maximum absolute atomic E-state index is 4.49. The number of rotatable bonds is 3. The molecule has 2 fully saturated rings. The highest BCUT2D eigenvalue weighted by Crippen LogP contribution is 2.40. The molecule has 0 aliphatic carbocycles. The molecule has 23 heavy (non-hydrogen) atoms. The van der Waals surface area contributed by atoms with E-state index >= 15 is 0 Å². The minimum Gasteiger partial charge on any atom is -0.348 e. The molecule has 0 radical (unpaired) electrons. The maximum Gasteiger partial charge on any atom is 0.225 e. The highest BCUT2D eigenvalue weighted by atomic mass is 15.3. The molecular weight excluding hydrogens is 288 g/mol. The van der Waals surface area contributed by atoms with E-state index in [-0.39, 0.29) is 5.54 Å². The summed E-state index contributed by atoms with van der Waals surface area (Å²) >= 11 is 0. The lowest BCUT2D eigenvalue weighted by Gasteiger charge is -2.45. The normalized spacial score (nSPS) is 21.2. The van der Waals surface area contributed by atoms with Crippen molar-refractivity contribution in [1.29, 1.82) is 0 Å². The highest BCUT2D eigenvalue weighted by Gasteiger charge is 2.44. The first-order chi connectivity index (χ1) is 11.3. The fraction of sp³-hybridized carbons (Fsp3) is 0.588. The van der Waals surface area contributed by atoms with Gasteiger partial charge in [-0.15, -0.1) is 0 Å². The van der Waals surface area contributed by atoms with Gasteiger partial charge in [0.25, 0.3) is 0 Å². The Morgan fingerprint density at radius 1 is 1.09 bits per heavy atom. The summed E-state index contributed by atoms with van der Waals surface area (Å²) in [5, 5.41) is 0. The number of nitrogens with one attached hydrogen (secondary N) is 1. The Hall–Kier alpha value is -1.95. The molecule has 1 N–H and O–H groups in total. The van der Waals surface area contributed by atoms with Crippen molar-refractivity contribution in [3.05, 3.63) is 36.2 Å². The Kier molecular flexibility index (Phi) is 3.77. The molecule has 2 aromatic heterocycles. The minimum atomic E-state index is 0.262. The van der Waals surface area contributed by atoms with E-state index in [9.17, 15) is 0 Å². The molecule has 2 aliphatic heterocycles. The van der Waals surface area contributed by atoms with Gasteiger partial charge < -0.3 is 9.88 Å². The van der Waals surface area contributed by atoms with E-state index in [1.165, 1.54) is 37.1 Å². The second-order valence-corrected chi connectivity index (χ2v) is 6.78. The van der Waals surface area contributed by atoms with Crippen LogP contribution >= 0.6 is 0 Å². The summed E-state index contributed by atoms with van der Waals surface area (Å²) in [5.41, 5.74) is 2.62. The predicted octanol–water partition coefficient (Wildman–Crippen LogP) is 2.14. The summed E-state index contributed by atoms with van der Waals surface area (Å²) < 4.78 is 0. The van der Waals surface area contributed by atoms with Crippen molar-refractivity contribution in [3.8, 4) is 0 Å². The van der Waals surface area contributed by atoms with Crippen LogP contribution in [-0.2, 0) is 6.54 Å². The van der Waals surface area contributed by atoms with E-state index in [1.54, 1.807) is 6.33 Å². The molecule has 122 valence electrons. The SMILES string of the molecule is Cc1[nH]cnc1CN1CCC2(CCCN2c2ncccn2)CC1. The van der Waals surface area contributed by atoms with Gasteiger partial charge in [0.05, 0.1) is 12.0 Å². The van der Waals surface area contributed by atoms with E-state index in [1.807, 2.05) is 18.5 Å². The Labute approximate surface area is 137 Å². The predicted molar refractivity (Wildman–Crippen MR) is 89.2 cm³/mol. The van der Waals surface area contributed by atoms with Gasteiger partial charge in [-0.1, -0.05) is 0 Å². The third-order valence-electron chi connectivity index (χ3n) is 5.48. The number of aromatic nitrogens is 4. The number of H-pyrrole nitrogens is 1. The minimum absolute atomic E-state index is 0.262. The van der Waals surface area contributed by atoms with Crippen LogP contribution in [0.2, 0.25) is 0 Å². The van der Waals surface area contributed by atoms with E-state index < -0.39 is 0 Å². The molecule has 0 amide bonds. The number of imidazole rings is 1. The second-order valence-electron chi connectivity index (χ2n) is 6.78. The largest absolute Gasteiger partial charge is 0.348 e. The van der Waals surface area contributed by atoms with Gasteiger partial charge in [0.1, 0.15) is 0 Å². The molecule has 6 heteroatoms. The van der Waals surface area contributed by atoms with Gasteiger partial charge in [-0.2, -0.15) is 0 Å². The van der Waals surface area contributed by atoms with Crippen LogP contribution in [0.15, 0.2) is 24.8 Å². The Balaban J connectivity index is 1.44. The first-order valence-corrected chi connectivity index (χ1v) is 8.53. The Morgan fingerprint density at radius 2 is 1.87 bits per heavy atom. The van der Waals surface area contributed by atoms with Crippen LogP contribution in [0.3, 0.4) is 0 Å². The summed E-state index contributed by atoms with van der Waals surface area (Å²) in [6, 6.07) is 1.89. The summed E-state index contributed by atoms with van der Waals surface area (Å²) in [5.74, 6) is 0.904. The number of hydrogen-bond acceptors (Lipinski definition) is 5. The molecule has 2 aromatic rings. The molecule has 2 saturated heterocycles. The van der Waals surface area contributed by atoms with Crippen LogP contribution < -0.4 is 4.90 Å². The molecule has 1 spiro atoms.